The number of hydrogen-bond donors (Lipinski definition) is 2. The monoisotopic (exact) mass is 443 g/mol. The van der Waals surface area contributed by atoms with Gasteiger partial charge in [0, 0.05) is 24.0 Å². The average molecular weight is 444 g/mol. The first-order valence-corrected chi connectivity index (χ1v) is 9.77. The summed E-state index contributed by atoms with van der Waals surface area (Å²) in [6, 6.07) is 6.17. The number of likely N-dealkylation sites (N-methyl/N-ethyl adjacent to an activating group) is 1. The number of nitrogens with one attached hydrogen (secondary N) is 2. The Morgan fingerprint density at radius 3 is 2.61 bits per heavy atom. The molecule has 3 heterocycles. The lowest BCUT2D eigenvalue weighted by Crippen LogP contribution is -2.31. The first-order chi connectivity index (χ1) is 12.5. The summed E-state index contributed by atoms with van der Waals surface area (Å²) in [7, 11) is 0. The lowest BCUT2D eigenvalue weighted by Gasteiger charge is -2.10. The maximum absolute atomic E-state index is 12.8. The molecule has 0 aliphatic heterocycles. The summed E-state index contributed by atoms with van der Waals surface area (Å²) in [4.78, 5) is 19.9. The number of thiophene rings is 1. The number of fused-ring (bicyclic) bond motifs is 1. The molecule has 9 heteroatoms. The van der Waals surface area contributed by atoms with Crippen LogP contribution in [0.15, 0.2) is 24.4 Å². The van der Waals surface area contributed by atoms with Crippen molar-refractivity contribution in [2.24, 2.45) is 0 Å². The normalized spacial score (nSPS) is 10.6. The first-order valence-electron chi connectivity index (χ1n) is 8.95. The van der Waals surface area contributed by atoms with E-state index in [1.54, 1.807) is 17.5 Å². The number of rotatable bonds is 7. The highest BCUT2D eigenvalue weighted by Crippen LogP contribution is 2.30. The van der Waals surface area contributed by atoms with Gasteiger partial charge in [-0.15, -0.1) is 36.2 Å². The van der Waals surface area contributed by atoms with Crippen LogP contribution in [0.2, 0.25) is 0 Å². The van der Waals surface area contributed by atoms with Gasteiger partial charge >= 0.3 is 0 Å². The lowest BCUT2D eigenvalue weighted by molar-refractivity contribution is 0.0955. The second-order valence-electron chi connectivity index (χ2n) is 6.49. The maximum Gasteiger partial charge on any atom is 0.252 e. The highest BCUT2D eigenvalue weighted by Gasteiger charge is 2.18. The highest BCUT2D eigenvalue weighted by molar-refractivity contribution is 7.15. The van der Waals surface area contributed by atoms with Crippen LogP contribution in [0.25, 0.3) is 21.6 Å². The van der Waals surface area contributed by atoms with Crippen LogP contribution >= 0.6 is 36.2 Å². The molecule has 1 amide bonds. The molecule has 28 heavy (non-hydrogen) atoms. The van der Waals surface area contributed by atoms with Crippen molar-refractivity contribution in [3.8, 4) is 10.6 Å². The van der Waals surface area contributed by atoms with Gasteiger partial charge in [0.25, 0.3) is 5.91 Å². The largest absolute Gasteiger partial charge is 0.351 e. The van der Waals surface area contributed by atoms with Crippen molar-refractivity contribution in [2.45, 2.75) is 33.7 Å². The molecule has 0 aliphatic rings. The maximum atomic E-state index is 12.8. The lowest BCUT2D eigenvalue weighted by atomic mass is 10.1. The second-order valence-corrected chi connectivity index (χ2v) is 7.78. The van der Waals surface area contributed by atoms with E-state index in [2.05, 4.69) is 48.6 Å². The van der Waals surface area contributed by atoms with Gasteiger partial charge in [0.05, 0.1) is 27.7 Å². The number of aryl methyl sites for hydroxylation is 1. The van der Waals surface area contributed by atoms with Crippen LogP contribution in [0.5, 0.6) is 0 Å². The Morgan fingerprint density at radius 1 is 1.25 bits per heavy atom. The van der Waals surface area contributed by atoms with Crippen molar-refractivity contribution in [3.63, 3.8) is 0 Å². The van der Waals surface area contributed by atoms with Gasteiger partial charge in [-0.1, -0.05) is 6.92 Å². The van der Waals surface area contributed by atoms with Crippen LogP contribution in [0.3, 0.4) is 0 Å². The zero-order chi connectivity index (χ0) is 18.7. The van der Waals surface area contributed by atoms with E-state index in [-0.39, 0.29) is 36.8 Å². The summed E-state index contributed by atoms with van der Waals surface area (Å²) in [5.41, 5.74) is 2.19. The van der Waals surface area contributed by atoms with Gasteiger partial charge in [-0.3, -0.25) is 4.79 Å². The molecule has 2 N–H and O–H groups in total. The zero-order valence-electron chi connectivity index (χ0n) is 16.5. The Morgan fingerprint density at radius 2 is 2.00 bits per heavy atom. The van der Waals surface area contributed by atoms with Gasteiger partial charge in [0.1, 0.15) is 0 Å². The van der Waals surface area contributed by atoms with Crippen LogP contribution < -0.4 is 10.6 Å². The van der Waals surface area contributed by atoms with Gasteiger partial charge in [-0.2, -0.15) is 5.10 Å². The number of nitrogens with zero attached hydrogens (tertiary/aromatic N) is 3. The molecule has 0 saturated carbocycles. The molecule has 0 aromatic carbocycles. The quantitative estimate of drug-likeness (QED) is 0.535. The molecule has 3 rings (SSSR count). The minimum Gasteiger partial charge on any atom is -0.351 e. The van der Waals surface area contributed by atoms with E-state index in [4.69, 9.17) is 4.98 Å². The minimum atomic E-state index is -0.0897. The summed E-state index contributed by atoms with van der Waals surface area (Å²) in [5.74, 6) is -0.0897. The molecular weight excluding hydrogens is 417 g/mol. The number of aromatic nitrogens is 3. The summed E-state index contributed by atoms with van der Waals surface area (Å²) >= 11 is 1.68. The molecule has 6 nitrogen and oxygen atoms in total. The fourth-order valence-corrected chi connectivity index (χ4v) is 3.65. The van der Waals surface area contributed by atoms with Gasteiger partial charge < -0.3 is 10.6 Å². The number of pyridine rings is 1. The second kappa shape index (κ2) is 10.8. The van der Waals surface area contributed by atoms with Gasteiger partial charge in [-0.25, -0.2) is 9.67 Å². The Bertz CT molecular complexity index is 922. The molecule has 0 radical (unpaired) electrons. The summed E-state index contributed by atoms with van der Waals surface area (Å²) in [5, 5.41) is 11.4. The predicted molar refractivity (Wildman–Crippen MR) is 121 cm³/mol. The van der Waals surface area contributed by atoms with E-state index in [9.17, 15) is 4.79 Å². The smallest absolute Gasteiger partial charge is 0.252 e. The first kappa shape index (κ1) is 24.4. The third kappa shape index (κ3) is 5.23. The van der Waals surface area contributed by atoms with Crippen molar-refractivity contribution in [1.29, 1.82) is 0 Å². The van der Waals surface area contributed by atoms with Crippen molar-refractivity contribution in [3.05, 3.63) is 34.8 Å². The minimum absolute atomic E-state index is 0. The highest BCUT2D eigenvalue weighted by atomic mass is 35.5. The van der Waals surface area contributed by atoms with E-state index in [0.29, 0.717) is 12.1 Å². The van der Waals surface area contributed by atoms with E-state index in [1.165, 1.54) is 4.88 Å². The predicted octanol–water partition coefficient (Wildman–Crippen LogP) is 4.23. The molecule has 0 fully saturated rings. The van der Waals surface area contributed by atoms with Gasteiger partial charge in [0.2, 0.25) is 0 Å². The van der Waals surface area contributed by atoms with Crippen LogP contribution in [-0.4, -0.2) is 40.3 Å². The van der Waals surface area contributed by atoms with Crippen molar-refractivity contribution in [1.82, 2.24) is 25.4 Å². The molecule has 0 unspecified atom stereocenters. The molecule has 3 aromatic rings. The van der Waals surface area contributed by atoms with Crippen LogP contribution in [0, 0.1) is 6.92 Å². The number of hydrogen-bond acceptors (Lipinski definition) is 5. The fraction of sp³-hybridized carbons (Fsp3) is 0.421. The van der Waals surface area contributed by atoms with Crippen LogP contribution in [-0.2, 0) is 0 Å². The fourth-order valence-electron chi connectivity index (χ4n) is 2.82. The average Bonchev–Trinajstić information content (AvgIpc) is 3.23. The number of amides is 1. The van der Waals surface area contributed by atoms with Crippen LogP contribution in [0.4, 0.5) is 0 Å². The summed E-state index contributed by atoms with van der Waals surface area (Å²) in [6.07, 6.45) is 1.74. The molecule has 0 atom stereocenters. The molecule has 0 saturated heterocycles. The molecule has 0 bridgehead atoms. The third-order valence-corrected chi connectivity index (χ3v) is 5.15. The van der Waals surface area contributed by atoms with E-state index in [0.717, 1.165) is 34.7 Å². The number of carbonyl (C=O) groups excluding carboxylic acids is 1. The van der Waals surface area contributed by atoms with Gasteiger partial charge in [0.15, 0.2) is 5.65 Å². The zero-order valence-corrected chi connectivity index (χ0v) is 18.9. The van der Waals surface area contributed by atoms with E-state index in [1.807, 2.05) is 17.7 Å². The Labute approximate surface area is 181 Å². The van der Waals surface area contributed by atoms with Crippen molar-refractivity contribution < 1.29 is 4.79 Å². The van der Waals surface area contributed by atoms with Crippen molar-refractivity contribution >= 4 is 53.1 Å². The Kier molecular flexibility index (Phi) is 9.36. The topological polar surface area (TPSA) is 71.8 Å². The Balaban J connectivity index is 0.00000196. The van der Waals surface area contributed by atoms with Gasteiger partial charge in [-0.05, 0) is 45.5 Å². The molecular formula is C19H27Cl2N5OS. The standard InChI is InChI=1S/C19H25N5OS.2ClH/c1-5-20-8-9-21-19(25)14-10-16(17-7-6-13(4)26-17)23-18-15(14)11-22-24(18)12(2)3;;/h6-7,10-12,20H,5,8-9H2,1-4H3,(H,21,25);2*1H. The SMILES string of the molecule is CCNCCNC(=O)c1cc(-c2ccc(C)s2)nc2c1cnn2C(C)C.Cl.Cl. The summed E-state index contributed by atoms with van der Waals surface area (Å²) < 4.78 is 1.87. The molecule has 0 aliphatic carbocycles. The summed E-state index contributed by atoms with van der Waals surface area (Å²) in [6.45, 7) is 10.5. The third-order valence-electron chi connectivity index (χ3n) is 4.13. The number of halogens is 2. The molecule has 154 valence electrons. The van der Waals surface area contributed by atoms with E-state index < -0.39 is 0 Å². The van der Waals surface area contributed by atoms with Crippen LogP contribution in [0.1, 0.15) is 42.0 Å². The number of carbonyl (C=O) groups is 1. The Hall–Kier alpha value is -1.67. The van der Waals surface area contributed by atoms with E-state index >= 15 is 0 Å². The molecule has 3 aromatic heterocycles. The van der Waals surface area contributed by atoms with Crippen molar-refractivity contribution in [2.75, 3.05) is 19.6 Å². The molecule has 0 spiro atoms.